The summed E-state index contributed by atoms with van der Waals surface area (Å²) in [4.78, 5) is 25.3. The standard InChI is InChI=1S/C12H22N2O3/c1-9(15)6-7-11(16)14-8-4-3-5-10(14)12(17)13-2/h9-10,15H,3-8H2,1-2H3,(H,13,17). The number of hydrogen-bond acceptors (Lipinski definition) is 3. The number of aliphatic hydroxyl groups is 1. The van der Waals surface area contributed by atoms with Crippen LogP contribution in [0.4, 0.5) is 0 Å². The van der Waals surface area contributed by atoms with Gasteiger partial charge in [0.05, 0.1) is 6.10 Å². The fraction of sp³-hybridized carbons (Fsp3) is 0.833. The average molecular weight is 242 g/mol. The number of aliphatic hydroxyl groups excluding tert-OH is 1. The highest BCUT2D eigenvalue weighted by Gasteiger charge is 2.31. The molecule has 1 fully saturated rings. The van der Waals surface area contributed by atoms with Gasteiger partial charge in [0.15, 0.2) is 0 Å². The molecule has 0 aliphatic carbocycles. The van der Waals surface area contributed by atoms with Crippen LogP contribution < -0.4 is 5.32 Å². The molecule has 0 bridgehead atoms. The summed E-state index contributed by atoms with van der Waals surface area (Å²) in [6.45, 7) is 2.32. The molecule has 0 aromatic carbocycles. The zero-order valence-corrected chi connectivity index (χ0v) is 10.6. The predicted molar refractivity (Wildman–Crippen MR) is 64.3 cm³/mol. The van der Waals surface area contributed by atoms with Crippen LogP contribution in [0.2, 0.25) is 0 Å². The van der Waals surface area contributed by atoms with Crippen LogP contribution in [-0.2, 0) is 9.59 Å². The van der Waals surface area contributed by atoms with Crippen molar-refractivity contribution >= 4 is 11.8 Å². The van der Waals surface area contributed by atoms with Gasteiger partial charge >= 0.3 is 0 Å². The summed E-state index contributed by atoms with van der Waals surface area (Å²) < 4.78 is 0. The smallest absolute Gasteiger partial charge is 0.242 e. The minimum Gasteiger partial charge on any atom is -0.393 e. The third kappa shape index (κ3) is 4.00. The van der Waals surface area contributed by atoms with Crippen LogP contribution in [0.3, 0.4) is 0 Å². The van der Waals surface area contributed by atoms with Crippen molar-refractivity contribution in [2.24, 2.45) is 0 Å². The number of nitrogens with one attached hydrogen (secondary N) is 1. The Morgan fingerprint density at radius 3 is 2.76 bits per heavy atom. The lowest BCUT2D eigenvalue weighted by Crippen LogP contribution is -2.51. The normalized spacial score (nSPS) is 22.1. The van der Waals surface area contributed by atoms with Crippen LogP contribution in [0.25, 0.3) is 0 Å². The van der Waals surface area contributed by atoms with Crippen molar-refractivity contribution in [3.8, 4) is 0 Å². The van der Waals surface area contributed by atoms with E-state index in [-0.39, 0.29) is 17.9 Å². The van der Waals surface area contributed by atoms with Crippen molar-refractivity contribution in [3.05, 3.63) is 0 Å². The fourth-order valence-electron chi connectivity index (χ4n) is 2.15. The van der Waals surface area contributed by atoms with Crippen molar-refractivity contribution in [1.29, 1.82) is 0 Å². The maximum Gasteiger partial charge on any atom is 0.242 e. The first-order valence-electron chi connectivity index (χ1n) is 6.25. The van der Waals surface area contributed by atoms with Gasteiger partial charge in [0, 0.05) is 20.0 Å². The molecular formula is C12H22N2O3. The van der Waals surface area contributed by atoms with Gasteiger partial charge in [0.25, 0.3) is 0 Å². The maximum atomic E-state index is 12.0. The lowest BCUT2D eigenvalue weighted by molar-refractivity contribution is -0.142. The number of nitrogens with zero attached hydrogens (tertiary/aromatic N) is 1. The molecule has 2 N–H and O–H groups in total. The van der Waals surface area contributed by atoms with Crippen molar-refractivity contribution in [2.45, 2.75) is 51.2 Å². The fourth-order valence-corrected chi connectivity index (χ4v) is 2.15. The van der Waals surface area contributed by atoms with Crippen LogP contribution in [0.5, 0.6) is 0 Å². The molecule has 2 unspecified atom stereocenters. The summed E-state index contributed by atoms with van der Waals surface area (Å²) in [5.74, 6) is -0.116. The number of carbonyl (C=O) groups excluding carboxylic acids is 2. The molecule has 17 heavy (non-hydrogen) atoms. The maximum absolute atomic E-state index is 12.0. The molecule has 0 saturated carbocycles. The van der Waals surface area contributed by atoms with E-state index in [1.54, 1.807) is 18.9 Å². The molecule has 5 nitrogen and oxygen atoms in total. The van der Waals surface area contributed by atoms with Crippen LogP contribution in [-0.4, -0.2) is 47.6 Å². The first-order chi connectivity index (χ1) is 8.06. The molecule has 5 heteroatoms. The number of piperidine rings is 1. The van der Waals surface area contributed by atoms with Crippen LogP contribution in [0, 0.1) is 0 Å². The molecule has 1 aliphatic heterocycles. The Hall–Kier alpha value is -1.10. The summed E-state index contributed by atoms with van der Waals surface area (Å²) >= 11 is 0. The molecular weight excluding hydrogens is 220 g/mol. The average Bonchev–Trinajstić information content (AvgIpc) is 2.34. The van der Waals surface area contributed by atoms with Gasteiger partial charge in [-0.2, -0.15) is 0 Å². The van der Waals surface area contributed by atoms with Crippen molar-refractivity contribution < 1.29 is 14.7 Å². The van der Waals surface area contributed by atoms with Gasteiger partial charge in [-0.25, -0.2) is 0 Å². The molecule has 2 atom stereocenters. The quantitative estimate of drug-likeness (QED) is 0.743. The summed E-state index contributed by atoms with van der Waals surface area (Å²) in [5, 5.41) is 11.8. The molecule has 0 aromatic heterocycles. The number of likely N-dealkylation sites (N-methyl/N-ethyl adjacent to an activating group) is 1. The Morgan fingerprint density at radius 1 is 1.47 bits per heavy atom. The van der Waals surface area contributed by atoms with Gasteiger partial charge in [-0.15, -0.1) is 0 Å². The summed E-state index contributed by atoms with van der Waals surface area (Å²) in [6, 6.07) is -0.324. The first-order valence-corrected chi connectivity index (χ1v) is 6.25. The number of likely N-dealkylation sites (tertiary alicyclic amines) is 1. The number of carbonyl (C=O) groups is 2. The zero-order chi connectivity index (χ0) is 12.8. The second-order valence-electron chi connectivity index (χ2n) is 4.60. The van der Waals surface area contributed by atoms with E-state index in [1.165, 1.54) is 0 Å². The molecule has 1 heterocycles. The van der Waals surface area contributed by atoms with Crippen molar-refractivity contribution in [1.82, 2.24) is 10.2 Å². The summed E-state index contributed by atoms with van der Waals surface area (Å²) in [6.07, 6.45) is 2.97. The van der Waals surface area contributed by atoms with E-state index in [0.29, 0.717) is 19.4 Å². The van der Waals surface area contributed by atoms with E-state index >= 15 is 0 Å². The lowest BCUT2D eigenvalue weighted by Gasteiger charge is -2.34. The molecule has 1 aliphatic rings. The van der Waals surface area contributed by atoms with E-state index in [1.807, 2.05) is 0 Å². The van der Waals surface area contributed by atoms with Crippen LogP contribution >= 0.6 is 0 Å². The number of rotatable bonds is 4. The molecule has 98 valence electrons. The minimum atomic E-state index is -0.470. The third-order valence-corrected chi connectivity index (χ3v) is 3.15. The SMILES string of the molecule is CNC(=O)C1CCCCN1C(=O)CCC(C)O. The van der Waals surface area contributed by atoms with Gasteiger partial charge in [-0.05, 0) is 32.6 Å². The van der Waals surface area contributed by atoms with Crippen molar-refractivity contribution in [2.75, 3.05) is 13.6 Å². The monoisotopic (exact) mass is 242 g/mol. The van der Waals surface area contributed by atoms with Gasteiger partial charge in [-0.1, -0.05) is 0 Å². The Labute approximate surface area is 102 Å². The van der Waals surface area contributed by atoms with E-state index in [9.17, 15) is 14.7 Å². The number of amides is 2. The second-order valence-corrected chi connectivity index (χ2v) is 4.60. The summed E-state index contributed by atoms with van der Waals surface area (Å²) in [7, 11) is 1.59. The van der Waals surface area contributed by atoms with Crippen LogP contribution in [0.15, 0.2) is 0 Å². The Bertz CT molecular complexity index is 279. The largest absolute Gasteiger partial charge is 0.393 e. The minimum absolute atomic E-state index is 0.0285. The molecule has 2 amide bonds. The van der Waals surface area contributed by atoms with E-state index in [0.717, 1.165) is 19.3 Å². The summed E-state index contributed by atoms with van der Waals surface area (Å²) in [5.41, 5.74) is 0. The Kier molecular flexibility index (Phi) is 5.41. The molecule has 1 saturated heterocycles. The lowest BCUT2D eigenvalue weighted by atomic mass is 10.0. The third-order valence-electron chi connectivity index (χ3n) is 3.15. The molecule has 0 aromatic rings. The molecule has 0 radical (unpaired) electrons. The van der Waals surface area contributed by atoms with E-state index < -0.39 is 6.10 Å². The predicted octanol–water partition coefficient (Wildman–Crippen LogP) is 0.274. The van der Waals surface area contributed by atoms with Crippen molar-refractivity contribution in [3.63, 3.8) is 0 Å². The first kappa shape index (κ1) is 14.0. The van der Waals surface area contributed by atoms with Gasteiger partial charge in [0.1, 0.15) is 6.04 Å². The molecule has 1 rings (SSSR count). The Morgan fingerprint density at radius 2 is 2.18 bits per heavy atom. The topological polar surface area (TPSA) is 69.6 Å². The highest BCUT2D eigenvalue weighted by atomic mass is 16.3. The van der Waals surface area contributed by atoms with Gasteiger partial charge < -0.3 is 15.3 Å². The van der Waals surface area contributed by atoms with Crippen LogP contribution in [0.1, 0.15) is 39.0 Å². The van der Waals surface area contributed by atoms with E-state index in [4.69, 9.17) is 0 Å². The zero-order valence-electron chi connectivity index (χ0n) is 10.6. The highest BCUT2D eigenvalue weighted by molar-refractivity contribution is 5.87. The highest BCUT2D eigenvalue weighted by Crippen LogP contribution is 2.18. The van der Waals surface area contributed by atoms with E-state index in [2.05, 4.69) is 5.32 Å². The van der Waals surface area contributed by atoms with Gasteiger partial charge in [-0.3, -0.25) is 9.59 Å². The number of hydrogen-bond donors (Lipinski definition) is 2. The molecule has 0 spiro atoms. The van der Waals surface area contributed by atoms with Gasteiger partial charge in [0.2, 0.25) is 11.8 Å². The Balaban J connectivity index is 2.58. The second kappa shape index (κ2) is 6.59.